The van der Waals surface area contributed by atoms with Crippen molar-refractivity contribution in [2.24, 2.45) is 0 Å². The number of hydrogen-bond donors (Lipinski definition) is 1. The zero-order chi connectivity index (χ0) is 27.0. The number of nitrogens with zero attached hydrogens (tertiary/aromatic N) is 3. The second-order valence-corrected chi connectivity index (χ2v) is 8.82. The Morgan fingerprint density at radius 2 is 1.77 bits per heavy atom. The average molecular weight is 525 g/mol. The Morgan fingerprint density at radius 1 is 0.974 bits per heavy atom. The third kappa shape index (κ3) is 6.15. The molecule has 198 valence electrons. The van der Waals surface area contributed by atoms with E-state index in [0.717, 1.165) is 11.1 Å². The molecule has 0 fully saturated rings. The van der Waals surface area contributed by atoms with E-state index < -0.39 is 11.9 Å². The Labute approximate surface area is 226 Å². The largest absolute Gasteiger partial charge is 0.494 e. The first kappa shape index (κ1) is 25.7. The van der Waals surface area contributed by atoms with Gasteiger partial charge in [0, 0.05) is 25.5 Å². The molecule has 0 radical (unpaired) electrons. The highest BCUT2D eigenvalue weighted by Crippen LogP contribution is 2.34. The van der Waals surface area contributed by atoms with E-state index in [4.69, 9.17) is 14.2 Å². The summed E-state index contributed by atoms with van der Waals surface area (Å²) in [6.45, 7) is 2.98. The molecule has 1 aliphatic heterocycles. The highest BCUT2D eigenvalue weighted by molar-refractivity contribution is 5.96. The molecular formula is C30H28N4O5. The molecule has 1 N–H and O–H groups in total. The summed E-state index contributed by atoms with van der Waals surface area (Å²) in [5, 5.41) is 3.01. The van der Waals surface area contributed by atoms with Gasteiger partial charge in [0.25, 0.3) is 5.91 Å². The number of rotatable bonds is 10. The lowest BCUT2D eigenvalue weighted by Gasteiger charge is -2.31. The summed E-state index contributed by atoms with van der Waals surface area (Å²) in [6, 6.07) is 21.3. The van der Waals surface area contributed by atoms with Crippen LogP contribution < -0.4 is 19.5 Å². The zero-order valence-corrected chi connectivity index (χ0v) is 21.4. The van der Waals surface area contributed by atoms with E-state index in [1.54, 1.807) is 30.3 Å². The first-order valence-electron chi connectivity index (χ1n) is 12.6. The van der Waals surface area contributed by atoms with Crippen LogP contribution in [0.15, 0.2) is 91.4 Å². The van der Waals surface area contributed by atoms with Gasteiger partial charge in [-0.1, -0.05) is 48.5 Å². The number of ether oxygens (including phenoxy) is 3. The van der Waals surface area contributed by atoms with Crippen LogP contribution in [-0.2, 0) is 17.9 Å². The normalized spacial score (nSPS) is 12.4. The Hall–Kier alpha value is -4.92. The van der Waals surface area contributed by atoms with E-state index >= 15 is 0 Å². The molecule has 1 aromatic heterocycles. The number of hydrogen-bond acceptors (Lipinski definition) is 7. The molecule has 1 aliphatic rings. The molecule has 9 nitrogen and oxygen atoms in total. The molecule has 9 heteroatoms. The third-order valence-corrected chi connectivity index (χ3v) is 6.21. The van der Waals surface area contributed by atoms with Crippen molar-refractivity contribution >= 4 is 11.8 Å². The van der Waals surface area contributed by atoms with E-state index in [1.807, 2.05) is 49.4 Å². The lowest BCUT2D eigenvalue weighted by atomic mass is 10.0. The van der Waals surface area contributed by atoms with Gasteiger partial charge in [-0.15, -0.1) is 0 Å². The highest BCUT2D eigenvalue weighted by atomic mass is 16.7. The molecule has 0 unspecified atom stereocenters. The minimum Gasteiger partial charge on any atom is -0.494 e. The first-order valence-corrected chi connectivity index (χ1v) is 12.6. The maximum atomic E-state index is 13.9. The van der Waals surface area contributed by atoms with Crippen LogP contribution in [0.2, 0.25) is 0 Å². The van der Waals surface area contributed by atoms with Gasteiger partial charge in [-0.05, 0) is 47.9 Å². The predicted octanol–water partition coefficient (Wildman–Crippen LogP) is 4.30. The highest BCUT2D eigenvalue weighted by Gasteiger charge is 2.33. The molecule has 3 aromatic carbocycles. The SMILES string of the molecule is CCOc1ccc([C@@H](C(=O)NCc2ccccc2)N(Cc2ccc3c(c2)OCO3)C(=O)c2cnccn2)cc1. The summed E-state index contributed by atoms with van der Waals surface area (Å²) >= 11 is 0. The van der Waals surface area contributed by atoms with Gasteiger partial charge in [0.15, 0.2) is 11.5 Å². The fourth-order valence-electron chi connectivity index (χ4n) is 4.34. The van der Waals surface area contributed by atoms with E-state index in [9.17, 15) is 9.59 Å². The number of benzene rings is 3. The van der Waals surface area contributed by atoms with Crippen LogP contribution in [0.25, 0.3) is 0 Å². The number of carbonyl (C=O) groups excluding carboxylic acids is 2. The zero-order valence-electron chi connectivity index (χ0n) is 21.4. The quantitative estimate of drug-likeness (QED) is 0.330. The van der Waals surface area contributed by atoms with E-state index in [-0.39, 0.29) is 24.9 Å². The molecule has 4 aromatic rings. The van der Waals surface area contributed by atoms with Gasteiger partial charge in [-0.2, -0.15) is 0 Å². The monoisotopic (exact) mass is 524 g/mol. The Morgan fingerprint density at radius 3 is 2.51 bits per heavy atom. The summed E-state index contributed by atoms with van der Waals surface area (Å²) in [4.78, 5) is 37.6. The second kappa shape index (κ2) is 12.1. The molecule has 39 heavy (non-hydrogen) atoms. The van der Waals surface area contributed by atoms with Crippen molar-refractivity contribution in [2.75, 3.05) is 13.4 Å². The van der Waals surface area contributed by atoms with Gasteiger partial charge >= 0.3 is 0 Å². The van der Waals surface area contributed by atoms with Gasteiger partial charge in [0.05, 0.1) is 12.8 Å². The van der Waals surface area contributed by atoms with Crippen LogP contribution in [-0.4, -0.2) is 40.1 Å². The van der Waals surface area contributed by atoms with E-state index in [1.165, 1.54) is 23.5 Å². The third-order valence-electron chi connectivity index (χ3n) is 6.21. The van der Waals surface area contributed by atoms with Crippen molar-refractivity contribution in [2.45, 2.75) is 26.1 Å². The van der Waals surface area contributed by atoms with Crippen LogP contribution in [0.5, 0.6) is 17.2 Å². The molecule has 0 saturated heterocycles. The molecule has 5 rings (SSSR count). The van der Waals surface area contributed by atoms with E-state index in [0.29, 0.717) is 36.0 Å². The number of fused-ring (bicyclic) bond motifs is 1. The summed E-state index contributed by atoms with van der Waals surface area (Å²) in [5.41, 5.74) is 2.47. The van der Waals surface area contributed by atoms with Crippen LogP contribution in [0.1, 0.15) is 40.1 Å². The van der Waals surface area contributed by atoms with Gasteiger partial charge < -0.3 is 24.4 Å². The molecule has 2 heterocycles. The lowest BCUT2D eigenvalue weighted by molar-refractivity contribution is -0.126. The fraction of sp³-hybridized carbons (Fsp3) is 0.200. The molecule has 0 bridgehead atoms. The molecule has 2 amide bonds. The van der Waals surface area contributed by atoms with Crippen molar-refractivity contribution in [3.63, 3.8) is 0 Å². The van der Waals surface area contributed by atoms with E-state index in [2.05, 4.69) is 15.3 Å². The smallest absolute Gasteiger partial charge is 0.275 e. The van der Waals surface area contributed by atoms with Gasteiger partial charge in [0.1, 0.15) is 17.5 Å². The minimum atomic E-state index is -0.968. The summed E-state index contributed by atoms with van der Waals surface area (Å²) in [5.74, 6) is 1.13. The summed E-state index contributed by atoms with van der Waals surface area (Å²) < 4.78 is 16.6. The van der Waals surface area contributed by atoms with Crippen molar-refractivity contribution < 1.29 is 23.8 Å². The predicted molar refractivity (Wildman–Crippen MR) is 143 cm³/mol. The minimum absolute atomic E-state index is 0.114. The topological polar surface area (TPSA) is 103 Å². The standard InChI is InChI=1S/C30H28N4O5/c1-2-37-24-11-9-23(10-12-24)28(29(35)33-17-21-6-4-3-5-7-21)34(30(36)25-18-31-14-15-32-25)19-22-8-13-26-27(16-22)39-20-38-26/h3-16,18,28H,2,17,19-20H2,1H3,(H,33,35)/t28-/m0/s1. The maximum Gasteiger partial charge on any atom is 0.275 e. The van der Waals surface area contributed by atoms with Crippen molar-refractivity contribution in [3.05, 3.63) is 114 Å². The van der Waals surface area contributed by atoms with Crippen molar-refractivity contribution in [1.82, 2.24) is 20.2 Å². The Balaban J connectivity index is 1.52. The molecular weight excluding hydrogens is 496 g/mol. The van der Waals surface area contributed by atoms with Crippen LogP contribution in [0, 0.1) is 0 Å². The van der Waals surface area contributed by atoms with Crippen LogP contribution >= 0.6 is 0 Å². The number of amides is 2. The van der Waals surface area contributed by atoms with Gasteiger partial charge in [0.2, 0.25) is 12.7 Å². The number of nitrogens with one attached hydrogen (secondary N) is 1. The Bertz CT molecular complexity index is 1410. The summed E-state index contributed by atoms with van der Waals surface area (Å²) in [7, 11) is 0. The number of aromatic nitrogens is 2. The van der Waals surface area contributed by atoms with Gasteiger partial charge in [-0.25, -0.2) is 4.98 Å². The van der Waals surface area contributed by atoms with Gasteiger partial charge in [-0.3, -0.25) is 14.6 Å². The molecule has 0 saturated carbocycles. The van der Waals surface area contributed by atoms with Crippen LogP contribution in [0.4, 0.5) is 0 Å². The second-order valence-electron chi connectivity index (χ2n) is 8.82. The first-order chi connectivity index (χ1) is 19.1. The molecule has 0 spiro atoms. The van der Waals surface area contributed by atoms with Crippen molar-refractivity contribution in [3.8, 4) is 17.2 Å². The number of carbonyl (C=O) groups is 2. The summed E-state index contributed by atoms with van der Waals surface area (Å²) in [6.07, 6.45) is 4.34. The van der Waals surface area contributed by atoms with Crippen LogP contribution in [0.3, 0.4) is 0 Å². The van der Waals surface area contributed by atoms with Crippen molar-refractivity contribution in [1.29, 1.82) is 0 Å². The molecule has 1 atom stereocenters. The Kier molecular flexibility index (Phi) is 7.97. The molecule has 0 aliphatic carbocycles. The maximum absolute atomic E-state index is 13.9. The lowest BCUT2D eigenvalue weighted by Crippen LogP contribution is -2.43. The average Bonchev–Trinajstić information content (AvgIpc) is 3.45. The fourth-order valence-corrected chi connectivity index (χ4v) is 4.34.